The number of esters is 1. The summed E-state index contributed by atoms with van der Waals surface area (Å²) in [6.45, 7) is 1.94. The quantitative estimate of drug-likeness (QED) is 0.622. The van der Waals surface area contributed by atoms with E-state index >= 15 is 0 Å². The lowest BCUT2D eigenvalue weighted by Gasteiger charge is -2.08. The van der Waals surface area contributed by atoms with Crippen molar-refractivity contribution in [1.29, 1.82) is 5.26 Å². The molecule has 1 aromatic carbocycles. The van der Waals surface area contributed by atoms with E-state index in [-0.39, 0.29) is 0 Å². The smallest absolute Gasteiger partial charge is 0.339 e. The number of halogens is 1. The molecule has 0 aliphatic carbocycles. The average molecular weight is 315 g/mol. The lowest BCUT2D eigenvalue weighted by atomic mass is 10.00. The number of nitriles is 1. The number of ether oxygens (including phenoxy) is 1. The fraction of sp³-hybridized carbons (Fsp3) is 0.273. The number of carbonyl (C=O) groups excluding carboxylic acids is 1. The summed E-state index contributed by atoms with van der Waals surface area (Å²) in [4.78, 5) is 11.5. The third-order valence-electron chi connectivity index (χ3n) is 2.12. The van der Waals surface area contributed by atoms with E-state index in [0.29, 0.717) is 17.5 Å². The molecule has 0 spiro atoms. The molecular formula is C11H10INO2. The van der Waals surface area contributed by atoms with E-state index in [1.54, 1.807) is 0 Å². The van der Waals surface area contributed by atoms with Gasteiger partial charge in [-0.3, -0.25) is 0 Å². The Kier molecular flexibility index (Phi) is 4.09. The molecule has 4 heteroatoms. The first-order valence-corrected chi connectivity index (χ1v) is 5.53. The zero-order valence-electron chi connectivity index (χ0n) is 8.50. The van der Waals surface area contributed by atoms with E-state index in [2.05, 4.69) is 4.74 Å². The van der Waals surface area contributed by atoms with E-state index in [9.17, 15) is 4.79 Å². The molecule has 3 nitrogen and oxygen atoms in total. The molecule has 0 amide bonds. The van der Waals surface area contributed by atoms with E-state index in [1.165, 1.54) is 7.11 Å². The molecule has 0 heterocycles. The second kappa shape index (κ2) is 5.12. The number of benzene rings is 1. The summed E-state index contributed by atoms with van der Waals surface area (Å²) in [5.74, 6) is -0.443. The fourth-order valence-corrected chi connectivity index (χ4v) is 1.93. The molecule has 78 valence electrons. The Morgan fingerprint density at radius 1 is 1.60 bits per heavy atom. The summed E-state index contributed by atoms with van der Waals surface area (Å²) in [6, 6.07) is 5.74. The van der Waals surface area contributed by atoms with Gasteiger partial charge in [0.25, 0.3) is 0 Å². The van der Waals surface area contributed by atoms with Crippen LogP contribution in [0.15, 0.2) is 12.1 Å². The van der Waals surface area contributed by atoms with Crippen molar-refractivity contribution in [2.45, 2.75) is 13.3 Å². The fourth-order valence-electron chi connectivity index (χ4n) is 1.36. The second-order valence-electron chi connectivity index (χ2n) is 2.91. The number of hydrogen-bond donors (Lipinski definition) is 0. The zero-order valence-corrected chi connectivity index (χ0v) is 10.7. The molecule has 0 radical (unpaired) electrons. The monoisotopic (exact) mass is 315 g/mol. The second-order valence-corrected chi connectivity index (χ2v) is 4.08. The van der Waals surface area contributed by atoms with Crippen molar-refractivity contribution in [3.8, 4) is 6.07 Å². The van der Waals surface area contributed by atoms with E-state index in [0.717, 1.165) is 9.13 Å². The molecule has 0 aromatic heterocycles. The van der Waals surface area contributed by atoms with Gasteiger partial charge < -0.3 is 4.74 Å². The van der Waals surface area contributed by atoms with Crippen LogP contribution in [-0.2, 0) is 11.2 Å². The topological polar surface area (TPSA) is 50.1 Å². The van der Waals surface area contributed by atoms with Crippen LogP contribution in [0.4, 0.5) is 0 Å². The Hall–Kier alpha value is -1.09. The maximum absolute atomic E-state index is 11.5. The normalized spacial score (nSPS) is 9.47. The van der Waals surface area contributed by atoms with Gasteiger partial charge in [0.2, 0.25) is 0 Å². The molecule has 0 N–H and O–H groups in total. The highest BCUT2D eigenvalue weighted by molar-refractivity contribution is 14.1. The first-order chi connectivity index (χ1) is 7.15. The number of carbonyl (C=O) groups is 1. The van der Waals surface area contributed by atoms with Crippen LogP contribution in [0, 0.1) is 14.9 Å². The molecule has 0 saturated heterocycles. The Labute approximate surface area is 102 Å². The van der Waals surface area contributed by atoms with Crippen molar-refractivity contribution in [3.05, 3.63) is 32.4 Å². The minimum Gasteiger partial charge on any atom is -0.465 e. The molecule has 1 aromatic rings. The van der Waals surface area contributed by atoms with Crippen molar-refractivity contribution in [3.63, 3.8) is 0 Å². The lowest BCUT2D eigenvalue weighted by Crippen LogP contribution is -2.09. The molecule has 0 atom stereocenters. The highest BCUT2D eigenvalue weighted by atomic mass is 127. The summed E-state index contributed by atoms with van der Waals surface area (Å²) < 4.78 is 5.45. The number of nitrogens with zero attached hydrogens (tertiary/aromatic N) is 1. The summed E-state index contributed by atoms with van der Waals surface area (Å²) >= 11 is 2.04. The average Bonchev–Trinajstić information content (AvgIpc) is 2.27. The minimum absolute atomic E-state index is 0.398. The van der Waals surface area contributed by atoms with Crippen LogP contribution in [0.25, 0.3) is 0 Å². The third-order valence-corrected chi connectivity index (χ3v) is 3.02. The molecule has 0 bridgehead atoms. The van der Waals surface area contributed by atoms with Crippen molar-refractivity contribution in [1.82, 2.24) is 0 Å². The van der Waals surface area contributed by atoms with E-state index < -0.39 is 5.97 Å². The first kappa shape index (κ1) is 12.0. The number of aryl methyl sites for hydroxylation is 1. The Bertz CT molecular complexity index is 435. The molecule has 0 unspecified atom stereocenters. The number of hydrogen-bond acceptors (Lipinski definition) is 3. The van der Waals surface area contributed by atoms with Gasteiger partial charge in [-0.05, 0) is 40.6 Å². The molecule has 0 aliphatic rings. The largest absolute Gasteiger partial charge is 0.465 e. The molecule has 1 rings (SSSR count). The molecule has 0 aliphatic heterocycles. The maximum Gasteiger partial charge on any atom is 0.339 e. The summed E-state index contributed by atoms with van der Waals surface area (Å²) in [6.07, 6.45) is 0.704. The SMILES string of the molecule is CCc1ccc(I)c(C#N)c1C(=O)OC. The van der Waals surface area contributed by atoms with E-state index in [1.807, 2.05) is 47.7 Å². The van der Waals surface area contributed by atoms with Crippen LogP contribution >= 0.6 is 22.6 Å². The molecular weight excluding hydrogens is 305 g/mol. The van der Waals surface area contributed by atoms with Crippen molar-refractivity contribution < 1.29 is 9.53 Å². The highest BCUT2D eigenvalue weighted by Crippen LogP contribution is 2.21. The van der Waals surface area contributed by atoms with Gasteiger partial charge in [-0.25, -0.2) is 4.79 Å². The highest BCUT2D eigenvalue weighted by Gasteiger charge is 2.18. The van der Waals surface area contributed by atoms with Crippen molar-refractivity contribution >= 4 is 28.6 Å². The molecule has 15 heavy (non-hydrogen) atoms. The Morgan fingerprint density at radius 3 is 2.73 bits per heavy atom. The molecule has 0 fully saturated rings. The van der Waals surface area contributed by atoms with Crippen molar-refractivity contribution in [2.24, 2.45) is 0 Å². The molecule has 0 saturated carbocycles. The summed E-state index contributed by atoms with van der Waals surface area (Å²) in [5.41, 5.74) is 1.65. The van der Waals surface area contributed by atoms with Gasteiger partial charge >= 0.3 is 5.97 Å². The Morgan fingerprint density at radius 2 is 2.27 bits per heavy atom. The van der Waals surface area contributed by atoms with Gasteiger partial charge in [0.1, 0.15) is 6.07 Å². The number of methoxy groups -OCH3 is 1. The summed E-state index contributed by atoms with van der Waals surface area (Å²) in [5, 5.41) is 9.00. The van der Waals surface area contributed by atoms with Gasteiger partial charge in [-0.2, -0.15) is 5.26 Å². The van der Waals surface area contributed by atoms with Gasteiger partial charge in [-0.15, -0.1) is 0 Å². The first-order valence-electron chi connectivity index (χ1n) is 4.45. The summed E-state index contributed by atoms with van der Waals surface area (Å²) in [7, 11) is 1.32. The van der Waals surface area contributed by atoms with Gasteiger partial charge in [0.15, 0.2) is 0 Å². The van der Waals surface area contributed by atoms with E-state index in [4.69, 9.17) is 5.26 Å². The van der Waals surface area contributed by atoms with Crippen LogP contribution in [0.3, 0.4) is 0 Å². The van der Waals surface area contributed by atoms with Crippen LogP contribution in [-0.4, -0.2) is 13.1 Å². The number of rotatable bonds is 2. The Balaban J connectivity index is 3.49. The van der Waals surface area contributed by atoms with Gasteiger partial charge in [-0.1, -0.05) is 13.0 Å². The van der Waals surface area contributed by atoms with Crippen LogP contribution in [0.2, 0.25) is 0 Å². The van der Waals surface area contributed by atoms with Crippen LogP contribution in [0.1, 0.15) is 28.4 Å². The van der Waals surface area contributed by atoms with Crippen molar-refractivity contribution in [2.75, 3.05) is 7.11 Å². The zero-order chi connectivity index (χ0) is 11.4. The van der Waals surface area contributed by atoms with Gasteiger partial charge in [0.05, 0.1) is 18.2 Å². The standard InChI is InChI=1S/C11H10INO2/c1-3-7-4-5-9(12)8(6-13)10(7)11(14)15-2/h4-5H,3H2,1-2H3. The minimum atomic E-state index is -0.443. The van der Waals surface area contributed by atoms with Gasteiger partial charge in [0, 0.05) is 3.57 Å². The predicted molar refractivity (Wildman–Crippen MR) is 64.6 cm³/mol. The predicted octanol–water partition coefficient (Wildman–Crippen LogP) is 2.51. The third kappa shape index (κ3) is 2.29. The van der Waals surface area contributed by atoms with Crippen LogP contribution in [0.5, 0.6) is 0 Å². The van der Waals surface area contributed by atoms with Crippen LogP contribution < -0.4 is 0 Å². The maximum atomic E-state index is 11.5. The lowest BCUT2D eigenvalue weighted by molar-refractivity contribution is 0.0599.